The van der Waals surface area contributed by atoms with Crippen LogP contribution >= 0.6 is 0 Å². The van der Waals surface area contributed by atoms with E-state index in [-0.39, 0.29) is 30.6 Å². The predicted molar refractivity (Wildman–Crippen MR) is 104 cm³/mol. The highest BCUT2D eigenvalue weighted by Crippen LogP contribution is 2.30. The summed E-state index contributed by atoms with van der Waals surface area (Å²) in [6, 6.07) is 9.59. The fraction of sp³-hybridized carbons (Fsp3) is 0.286. The minimum absolute atomic E-state index is 0.00902. The zero-order chi connectivity index (χ0) is 22.2. The number of alkyl halides is 3. The van der Waals surface area contributed by atoms with Crippen LogP contribution in [0, 0.1) is 0 Å². The van der Waals surface area contributed by atoms with Crippen molar-refractivity contribution >= 4 is 16.8 Å². The maximum atomic E-state index is 12.7. The molecule has 0 radical (unpaired) electrons. The molecule has 3 aromatic rings. The monoisotopic (exact) mass is 433 g/mol. The topological polar surface area (TPSA) is 95.8 Å². The van der Waals surface area contributed by atoms with Crippen LogP contribution in [-0.2, 0) is 6.18 Å². The molecule has 2 N–H and O–H groups in total. The van der Waals surface area contributed by atoms with Gasteiger partial charge in [0.2, 0.25) is 5.88 Å². The van der Waals surface area contributed by atoms with Crippen LogP contribution in [0.3, 0.4) is 0 Å². The number of aliphatic hydroxyl groups is 2. The Kier molecular flexibility index (Phi) is 5.50. The number of carbonyl (C=O) groups excluding carboxylic acids is 1. The number of benzene rings is 1. The fourth-order valence-corrected chi connectivity index (χ4v) is 3.48. The summed E-state index contributed by atoms with van der Waals surface area (Å²) in [6.07, 6.45) is -4.14. The van der Waals surface area contributed by atoms with Crippen LogP contribution in [-0.4, -0.2) is 56.3 Å². The van der Waals surface area contributed by atoms with Gasteiger partial charge in [-0.25, -0.2) is 9.97 Å². The Labute approximate surface area is 174 Å². The van der Waals surface area contributed by atoms with Crippen molar-refractivity contribution in [3.8, 4) is 11.6 Å². The standard InChI is InChI=1S/C21H18F3N3O4/c22-21(23,24)13-2-6-19(25-9-13)31-16-3-5-17-12(7-16)1-4-18(26-17)20(30)27-10-15(29)8-14(27)11-28/h1-7,9,14-15,28-29H,8,10-11H2/t14-,15-/m1/s1. The molecule has 0 saturated carbocycles. The lowest BCUT2D eigenvalue weighted by Crippen LogP contribution is -2.38. The molecule has 1 aliphatic rings. The second-order valence-corrected chi connectivity index (χ2v) is 7.22. The lowest BCUT2D eigenvalue weighted by molar-refractivity contribution is -0.137. The van der Waals surface area contributed by atoms with Gasteiger partial charge in [0, 0.05) is 24.2 Å². The SMILES string of the molecule is O=C(c1ccc2cc(Oc3ccc(C(F)(F)F)cn3)ccc2n1)N1C[C@H](O)C[C@@H]1CO. The average molecular weight is 433 g/mol. The minimum atomic E-state index is -4.47. The number of likely N-dealkylation sites (tertiary alicyclic amines) is 1. The van der Waals surface area contributed by atoms with Crippen molar-refractivity contribution in [3.05, 3.63) is 59.9 Å². The van der Waals surface area contributed by atoms with Gasteiger partial charge in [0.1, 0.15) is 11.4 Å². The maximum Gasteiger partial charge on any atom is 0.417 e. The van der Waals surface area contributed by atoms with E-state index in [2.05, 4.69) is 9.97 Å². The van der Waals surface area contributed by atoms with Gasteiger partial charge in [-0.2, -0.15) is 13.2 Å². The number of fused-ring (bicyclic) bond motifs is 1. The number of rotatable bonds is 4. The number of hydrogen-bond donors (Lipinski definition) is 2. The highest BCUT2D eigenvalue weighted by Gasteiger charge is 2.35. The van der Waals surface area contributed by atoms with Crippen LogP contribution in [0.2, 0.25) is 0 Å². The van der Waals surface area contributed by atoms with Crippen LogP contribution in [0.5, 0.6) is 11.6 Å². The Hall–Kier alpha value is -3.24. The molecule has 10 heteroatoms. The van der Waals surface area contributed by atoms with E-state index in [1.165, 1.54) is 11.0 Å². The molecule has 1 saturated heterocycles. The van der Waals surface area contributed by atoms with Crippen molar-refractivity contribution in [1.29, 1.82) is 0 Å². The molecule has 7 nitrogen and oxygen atoms in total. The lowest BCUT2D eigenvalue weighted by atomic mass is 10.1. The normalized spacial score (nSPS) is 19.1. The van der Waals surface area contributed by atoms with Gasteiger partial charge in [0.15, 0.2) is 0 Å². The van der Waals surface area contributed by atoms with Crippen molar-refractivity contribution in [3.63, 3.8) is 0 Å². The van der Waals surface area contributed by atoms with Crippen molar-refractivity contribution in [2.45, 2.75) is 24.7 Å². The third-order valence-electron chi connectivity index (χ3n) is 5.03. The molecule has 4 rings (SSSR count). The summed E-state index contributed by atoms with van der Waals surface area (Å²) in [4.78, 5) is 22.2. The number of β-amino-alcohol motifs (C(OH)–C–C–N with tert-alkyl or cyclic N) is 1. The van der Waals surface area contributed by atoms with Gasteiger partial charge in [0.05, 0.1) is 29.8 Å². The van der Waals surface area contributed by atoms with Gasteiger partial charge in [0.25, 0.3) is 5.91 Å². The molecule has 0 bridgehead atoms. The second kappa shape index (κ2) is 8.12. The van der Waals surface area contributed by atoms with E-state index in [0.717, 1.165) is 12.1 Å². The van der Waals surface area contributed by atoms with Gasteiger partial charge in [-0.05, 0) is 36.8 Å². The maximum absolute atomic E-state index is 12.7. The number of aliphatic hydroxyl groups excluding tert-OH is 2. The third kappa shape index (κ3) is 4.44. The summed E-state index contributed by atoms with van der Waals surface area (Å²) in [7, 11) is 0. The summed E-state index contributed by atoms with van der Waals surface area (Å²) in [6.45, 7) is -0.105. The molecular formula is C21H18F3N3O4. The molecule has 0 spiro atoms. The molecule has 31 heavy (non-hydrogen) atoms. The molecule has 1 aliphatic heterocycles. The molecule has 0 aliphatic carbocycles. The van der Waals surface area contributed by atoms with Crippen LogP contribution < -0.4 is 4.74 Å². The zero-order valence-electron chi connectivity index (χ0n) is 16.1. The van der Waals surface area contributed by atoms with Gasteiger partial charge in [-0.1, -0.05) is 6.07 Å². The molecule has 2 atom stereocenters. The average Bonchev–Trinajstić information content (AvgIpc) is 3.13. The highest BCUT2D eigenvalue weighted by molar-refractivity contribution is 5.95. The smallest absolute Gasteiger partial charge is 0.417 e. The Balaban J connectivity index is 1.52. The Morgan fingerprint density at radius 3 is 2.68 bits per heavy atom. The Morgan fingerprint density at radius 1 is 1.19 bits per heavy atom. The number of ether oxygens (including phenoxy) is 1. The number of aromatic nitrogens is 2. The minimum Gasteiger partial charge on any atom is -0.439 e. The third-order valence-corrected chi connectivity index (χ3v) is 5.03. The van der Waals surface area contributed by atoms with Crippen LogP contribution in [0.1, 0.15) is 22.5 Å². The molecule has 0 unspecified atom stereocenters. The molecule has 1 amide bonds. The number of hydrogen-bond acceptors (Lipinski definition) is 6. The van der Waals surface area contributed by atoms with Gasteiger partial charge in [-0.3, -0.25) is 4.79 Å². The number of nitrogens with zero attached hydrogens (tertiary/aromatic N) is 3. The summed E-state index contributed by atoms with van der Waals surface area (Å²) in [5, 5.41) is 19.9. The highest BCUT2D eigenvalue weighted by atomic mass is 19.4. The van der Waals surface area contributed by atoms with E-state index in [0.29, 0.717) is 29.3 Å². The molecule has 2 aromatic heterocycles. The largest absolute Gasteiger partial charge is 0.439 e. The first kappa shape index (κ1) is 21.0. The summed E-state index contributed by atoms with van der Waals surface area (Å²) in [5.74, 6) is -0.0230. The quantitative estimate of drug-likeness (QED) is 0.657. The molecule has 1 fully saturated rings. The van der Waals surface area contributed by atoms with Crippen molar-refractivity contribution in [1.82, 2.24) is 14.9 Å². The summed E-state index contributed by atoms with van der Waals surface area (Å²) < 4.78 is 43.4. The van der Waals surface area contributed by atoms with Crippen LogP contribution in [0.25, 0.3) is 10.9 Å². The van der Waals surface area contributed by atoms with E-state index in [4.69, 9.17) is 4.74 Å². The zero-order valence-corrected chi connectivity index (χ0v) is 16.1. The van der Waals surface area contributed by atoms with Crippen LogP contribution in [0.4, 0.5) is 13.2 Å². The molecule has 162 valence electrons. The number of amides is 1. The van der Waals surface area contributed by atoms with E-state index in [1.807, 2.05) is 0 Å². The number of carbonyl (C=O) groups is 1. The second-order valence-electron chi connectivity index (χ2n) is 7.22. The van der Waals surface area contributed by atoms with Crippen molar-refractivity contribution < 1.29 is 32.9 Å². The first-order valence-corrected chi connectivity index (χ1v) is 9.46. The molecule has 3 heterocycles. The molecular weight excluding hydrogens is 415 g/mol. The van der Waals surface area contributed by atoms with Crippen LogP contribution in [0.15, 0.2) is 48.7 Å². The first-order chi connectivity index (χ1) is 14.7. The predicted octanol–water partition coefficient (Wildman–Crippen LogP) is 3.01. The Bertz CT molecular complexity index is 1110. The van der Waals surface area contributed by atoms with E-state index in [1.54, 1.807) is 24.3 Å². The van der Waals surface area contributed by atoms with E-state index < -0.39 is 23.9 Å². The van der Waals surface area contributed by atoms with Gasteiger partial charge < -0.3 is 19.8 Å². The van der Waals surface area contributed by atoms with Gasteiger partial charge >= 0.3 is 6.18 Å². The number of pyridine rings is 2. The number of halogens is 3. The lowest BCUT2D eigenvalue weighted by Gasteiger charge is -2.22. The van der Waals surface area contributed by atoms with E-state index >= 15 is 0 Å². The van der Waals surface area contributed by atoms with Crippen molar-refractivity contribution in [2.75, 3.05) is 13.2 Å². The Morgan fingerprint density at radius 2 is 2.00 bits per heavy atom. The van der Waals surface area contributed by atoms with Gasteiger partial charge in [-0.15, -0.1) is 0 Å². The molecule has 1 aromatic carbocycles. The van der Waals surface area contributed by atoms with Crippen molar-refractivity contribution in [2.24, 2.45) is 0 Å². The summed E-state index contributed by atoms with van der Waals surface area (Å²) in [5.41, 5.74) is -0.175. The first-order valence-electron chi connectivity index (χ1n) is 9.46. The fourth-order valence-electron chi connectivity index (χ4n) is 3.48. The summed E-state index contributed by atoms with van der Waals surface area (Å²) >= 11 is 0. The van der Waals surface area contributed by atoms with E-state index in [9.17, 15) is 28.2 Å².